The molecule has 0 aliphatic carbocycles. The Labute approximate surface area is 78.3 Å². The topological polar surface area (TPSA) is 50.4 Å². The van der Waals surface area contributed by atoms with Gasteiger partial charge >= 0.3 is 5.97 Å². The predicted octanol–water partition coefficient (Wildman–Crippen LogP) is 0.566. The maximum absolute atomic E-state index is 11.6. The summed E-state index contributed by atoms with van der Waals surface area (Å²) in [5.74, 6) is -0.0796. The number of esters is 1. The summed E-state index contributed by atoms with van der Waals surface area (Å²) in [6.45, 7) is 6.16. The van der Waals surface area contributed by atoms with Crippen LogP contribution >= 0.6 is 0 Å². The van der Waals surface area contributed by atoms with Crippen LogP contribution in [0.2, 0.25) is 0 Å². The summed E-state index contributed by atoms with van der Waals surface area (Å²) >= 11 is 0. The molecular formula is C9H16N2O2. The normalized spacial score (nSPS) is 26.2. The third-order valence-electron chi connectivity index (χ3n) is 2.23. The first kappa shape index (κ1) is 10.1. The van der Waals surface area contributed by atoms with Crippen molar-refractivity contribution in [2.75, 3.05) is 6.61 Å². The molecule has 0 bridgehead atoms. The van der Waals surface area contributed by atoms with E-state index in [1.54, 1.807) is 19.2 Å². The molecule has 0 aromatic rings. The van der Waals surface area contributed by atoms with Crippen LogP contribution in [0, 0.1) is 5.92 Å². The molecule has 2 N–H and O–H groups in total. The summed E-state index contributed by atoms with van der Waals surface area (Å²) in [6, 6.07) is 0. The molecule has 13 heavy (non-hydrogen) atoms. The lowest BCUT2D eigenvalue weighted by molar-refractivity contribution is -0.150. The van der Waals surface area contributed by atoms with E-state index in [4.69, 9.17) is 4.74 Å². The molecule has 0 spiro atoms. The molecule has 4 heteroatoms. The van der Waals surface area contributed by atoms with Crippen molar-refractivity contribution < 1.29 is 9.53 Å². The zero-order valence-corrected chi connectivity index (χ0v) is 8.26. The lowest BCUT2D eigenvalue weighted by atomic mass is 9.88. The van der Waals surface area contributed by atoms with Gasteiger partial charge in [-0.25, -0.2) is 10.2 Å². The maximum Gasteiger partial charge on any atom is 0.332 e. The van der Waals surface area contributed by atoms with E-state index < -0.39 is 5.54 Å². The number of ether oxygens (including phenoxy) is 1. The Bertz CT molecular complexity index is 226. The molecule has 1 unspecified atom stereocenters. The SMILES string of the molecule is CCOC(=O)C1(C(C)C)C=CNN1. The highest BCUT2D eigenvalue weighted by Crippen LogP contribution is 2.22. The van der Waals surface area contributed by atoms with Crippen LogP contribution in [0.5, 0.6) is 0 Å². The lowest BCUT2D eigenvalue weighted by Gasteiger charge is -2.28. The monoisotopic (exact) mass is 184 g/mol. The molecule has 1 heterocycles. The van der Waals surface area contributed by atoms with Crippen molar-refractivity contribution in [2.24, 2.45) is 5.92 Å². The van der Waals surface area contributed by atoms with E-state index in [2.05, 4.69) is 10.9 Å². The Hall–Kier alpha value is -1.03. The van der Waals surface area contributed by atoms with Crippen molar-refractivity contribution in [3.8, 4) is 0 Å². The molecule has 0 saturated carbocycles. The van der Waals surface area contributed by atoms with E-state index in [0.717, 1.165) is 0 Å². The zero-order valence-electron chi connectivity index (χ0n) is 8.26. The van der Waals surface area contributed by atoms with Crippen LogP contribution in [0.3, 0.4) is 0 Å². The average Bonchev–Trinajstić information content (AvgIpc) is 2.53. The van der Waals surface area contributed by atoms with Crippen LogP contribution in [-0.2, 0) is 9.53 Å². The van der Waals surface area contributed by atoms with Gasteiger partial charge in [-0.3, -0.25) is 0 Å². The largest absolute Gasteiger partial charge is 0.464 e. The highest BCUT2D eigenvalue weighted by atomic mass is 16.5. The number of rotatable bonds is 3. The van der Waals surface area contributed by atoms with Gasteiger partial charge in [0, 0.05) is 6.20 Å². The van der Waals surface area contributed by atoms with E-state index in [9.17, 15) is 4.79 Å². The second-order valence-electron chi connectivity index (χ2n) is 3.35. The summed E-state index contributed by atoms with van der Waals surface area (Å²) in [4.78, 5) is 11.6. The van der Waals surface area contributed by atoms with E-state index in [-0.39, 0.29) is 11.9 Å². The summed E-state index contributed by atoms with van der Waals surface area (Å²) in [6.07, 6.45) is 3.52. The van der Waals surface area contributed by atoms with E-state index in [1.165, 1.54) is 0 Å². The van der Waals surface area contributed by atoms with Gasteiger partial charge in [0.2, 0.25) is 0 Å². The summed E-state index contributed by atoms with van der Waals surface area (Å²) in [5, 5.41) is 0. The second kappa shape index (κ2) is 3.79. The van der Waals surface area contributed by atoms with Crippen molar-refractivity contribution in [3.05, 3.63) is 12.3 Å². The van der Waals surface area contributed by atoms with Gasteiger partial charge in [0.15, 0.2) is 5.54 Å². The summed E-state index contributed by atoms with van der Waals surface area (Å²) in [7, 11) is 0. The first-order chi connectivity index (χ1) is 6.13. The number of hydrazine groups is 1. The minimum absolute atomic E-state index is 0.151. The van der Waals surface area contributed by atoms with Gasteiger partial charge in [-0.1, -0.05) is 13.8 Å². The molecule has 0 fully saturated rings. The Balaban J connectivity index is 2.79. The van der Waals surface area contributed by atoms with Gasteiger partial charge in [-0.05, 0) is 18.9 Å². The molecule has 0 amide bonds. The van der Waals surface area contributed by atoms with Crippen molar-refractivity contribution in [1.29, 1.82) is 0 Å². The standard InChI is InChI=1S/C9H16N2O2/c1-4-13-8(12)9(7(2)3)5-6-10-11-9/h5-7,10-11H,4H2,1-3H3. The van der Waals surface area contributed by atoms with Gasteiger partial charge in [0.1, 0.15) is 0 Å². The van der Waals surface area contributed by atoms with Crippen molar-refractivity contribution >= 4 is 5.97 Å². The summed E-state index contributed by atoms with van der Waals surface area (Å²) in [5.41, 5.74) is 5.02. The second-order valence-corrected chi connectivity index (χ2v) is 3.35. The average molecular weight is 184 g/mol. The molecule has 1 atom stereocenters. The van der Waals surface area contributed by atoms with Crippen molar-refractivity contribution in [3.63, 3.8) is 0 Å². The third kappa shape index (κ3) is 1.67. The molecule has 74 valence electrons. The predicted molar refractivity (Wildman–Crippen MR) is 49.6 cm³/mol. The van der Waals surface area contributed by atoms with E-state index in [1.807, 2.05) is 13.8 Å². The number of carbonyl (C=O) groups is 1. The molecule has 4 nitrogen and oxygen atoms in total. The van der Waals surface area contributed by atoms with E-state index >= 15 is 0 Å². The van der Waals surface area contributed by atoms with Crippen LogP contribution in [0.25, 0.3) is 0 Å². The molecule has 1 aliphatic heterocycles. The fourth-order valence-electron chi connectivity index (χ4n) is 1.32. The molecule has 0 aromatic heterocycles. The summed E-state index contributed by atoms with van der Waals surface area (Å²) < 4.78 is 5.00. The van der Waals surface area contributed by atoms with Gasteiger partial charge in [-0.15, -0.1) is 0 Å². The Morgan fingerprint density at radius 3 is 2.69 bits per heavy atom. The fraction of sp³-hybridized carbons (Fsp3) is 0.667. The van der Waals surface area contributed by atoms with Crippen LogP contribution in [0.1, 0.15) is 20.8 Å². The first-order valence-corrected chi connectivity index (χ1v) is 4.51. The van der Waals surface area contributed by atoms with Crippen LogP contribution in [0.4, 0.5) is 0 Å². The number of hydrogen-bond donors (Lipinski definition) is 2. The number of nitrogens with one attached hydrogen (secondary N) is 2. The molecule has 0 radical (unpaired) electrons. The van der Waals surface area contributed by atoms with Gasteiger partial charge in [-0.2, -0.15) is 0 Å². The number of hydrogen-bond acceptors (Lipinski definition) is 4. The quantitative estimate of drug-likeness (QED) is 0.629. The van der Waals surface area contributed by atoms with Crippen LogP contribution in [-0.4, -0.2) is 18.1 Å². The molecule has 1 aliphatic rings. The number of carbonyl (C=O) groups excluding carboxylic acids is 1. The zero-order chi connectivity index (χ0) is 9.90. The maximum atomic E-state index is 11.6. The Morgan fingerprint density at radius 1 is 1.62 bits per heavy atom. The highest BCUT2D eigenvalue weighted by Gasteiger charge is 2.42. The first-order valence-electron chi connectivity index (χ1n) is 4.51. The molecule has 0 saturated heterocycles. The molecular weight excluding hydrogens is 168 g/mol. The highest BCUT2D eigenvalue weighted by molar-refractivity contribution is 5.84. The Kier molecular flexibility index (Phi) is 2.93. The smallest absolute Gasteiger partial charge is 0.332 e. The minimum atomic E-state index is -0.698. The fourth-order valence-corrected chi connectivity index (χ4v) is 1.32. The molecule has 1 rings (SSSR count). The molecule has 0 aromatic carbocycles. The Morgan fingerprint density at radius 2 is 2.31 bits per heavy atom. The van der Waals surface area contributed by atoms with Crippen molar-refractivity contribution in [1.82, 2.24) is 10.9 Å². The van der Waals surface area contributed by atoms with Gasteiger partial charge in [0.05, 0.1) is 6.61 Å². The van der Waals surface area contributed by atoms with Gasteiger partial charge < -0.3 is 10.2 Å². The third-order valence-corrected chi connectivity index (χ3v) is 2.23. The van der Waals surface area contributed by atoms with Crippen molar-refractivity contribution in [2.45, 2.75) is 26.3 Å². The van der Waals surface area contributed by atoms with Crippen LogP contribution < -0.4 is 10.9 Å². The van der Waals surface area contributed by atoms with Crippen LogP contribution in [0.15, 0.2) is 12.3 Å². The minimum Gasteiger partial charge on any atom is -0.464 e. The van der Waals surface area contributed by atoms with E-state index in [0.29, 0.717) is 6.61 Å². The lowest BCUT2D eigenvalue weighted by Crippen LogP contribution is -2.55. The van der Waals surface area contributed by atoms with Gasteiger partial charge in [0.25, 0.3) is 0 Å².